The summed E-state index contributed by atoms with van der Waals surface area (Å²) >= 11 is 0. The van der Waals surface area contributed by atoms with Crippen LogP contribution < -0.4 is 0 Å². The number of carbonyl (C=O) groups excluding carboxylic acids is 1. The number of hydrogen-bond acceptors (Lipinski definition) is 4. The quantitative estimate of drug-likeness (QED) is 0.534. The standard InChI is InChI=1S/C11H19NO5/c1-2-17-10(13)8-16-5-3-4-9-6-12(7-9)11(14)15/h9H,2-8H2,1H3,(H,14,15). The van der Waals surface area contributed by atoms with E-state index in [0.29, 0.717) is 32.2 Å². The van der Waals surface area contributed by atoms with E-state index in [4.69, 9.17) is 14.6 Å². The maximum absolute atomic E-state index is 10.9. The average Bonchev–Trinajstić information content (AvgIpc) is 2.19. The van der Waals surface area contributed by atoms with E-state index in [2.05, 4.69) is 0 Å². The first-order valence-corrected chi connectivity index (χ1v) is 5.84. The van der Waals surface area contributed by atoms with Crippen LogP contribution in [0.1, 0.15) is 19.8 Å². The van der Waals surface area contributed by atoms with Gasteiger partial charge in [-0.15, -0.1) is 0 Å². The highest BCUT2D eigenvalue weighted by Crippen LogP contribution is 2.20. The number of carbonyl (C=O) groups is 2. The number of ether oxygens (including phenoxy) is 2. The number of rotatable bonds is 7. The monoisotopic (exact) mass is 245 g/mol. The Balaban J connectivity index is 1.89. The molecule has 0 aromatic carbocycles. The highest BCUT2D eigenvalue weighted by Gasteiger charge is 2.29. The molecule has 0 radical (unpaired) electrons. The van der Waals surface area contributed by atoms with Crippen molar-refractivity contribution < 1.29 is 24.2 Å². The molecular formula is C11H19NO5. The Morgan fingerprint density at radius 3 is 2.71 bits per heavy atom. The molecule has 0 unspecified atom stereocenters. The molecule has 1 heterocycles. The zero-order chi connectivity index (χ0) is 12.7. The number of likely N-dealkylation sites (tertiary alicyclic amines) is 1. The Bertz CT molecular complexity index is 263. The van der Waals surface area contributed by atoms with E-state index < -0.39 is 6.09 Å². The van der Waals surface area contributed by atoms with Crippen LogP contribution in [0.5, 0.6) is 0 Å². The highest BCUT2D eigenvalue weighted by atomic mass is 16.6. The number of carboxylic acid groups (broad SMARTS) is 1. The molecule has 1 fully saturated rings. The van der Waals surface area contributed by atoms with Gasteiger partial charge in [-0.25, -0.2) is 9.59 Å². The van der Waals surface area contributed by atoms with E-state index in [1.54, 1.807) is 6.92 Å². The van der Waals surface area contributed by atoms with Gasteiger partial charge >= 0.3 is 12.1 Å². The van der Waals surface area contributed by atoms with Crippen LogP contribution in [0, 0.1) is 5.92 Å². The third-order valence-electron chi connectivity index (χ3n) is 2.65. The van der Waals surface area contributed by atoms with Crippen molar-refractivity contribution >= 4 is 12.1 Å². The normalized spacial score (nSPS) is 15.5. The summed E-state index contributed by atoms with van der Waals surface area (Å²) < 4.78 is 9.84. The molecule has 98 valence electrons. The van der Waals surface area contributed by atoms with Crippen molar-refractivity contribution in [2.45, 2.75) is 19.8 Å². The molecular weight excluding hydrogens is 226 g/mol. The topological polar surface area (TPSA) is 76.1 Å². The summed E-state index contributed by atoms with van der Waals surface area (Å²) in [5.41, 5.74) is 0. The van der Waals surface area contributed by atoms with Gasteiger partial charge in [0.15, 0.2) is 0 Å². The summed E-state index contributed by atoms with van der Waals surface area (Å²) in [4.78, 5) is 22.8. The van der Waals surface area contributed by atoms with Crippen LogP contribution in [0.2, 0.25) is 0 Å². The van der Waals surface area contributed by atoms with Crippen molar-refractivity contribution in [3.63, 3.8) is 0 Å². The van der Waals surface area contributed by atoms with Crippen LogP contribution in [-0.2, 0) is 14.3 Å². The Morgan fingerprint density at radius 1 is 1.41 bits per heavy atom. The maximum atomic E-state index is 10.9. The average molecular weight is 245 g/mol. The summed E-state index contributed by atoms with van der Waals surface area (Å²) in [6.07, 6.45) is 0.934. The fourth-order valence-electron chi connectivity index (χ4n) is 1.74. The van der Waals surface area contributed by atoms with Gasteiger partial charge in [-0.3, -0.25) is 0 Å². The van der Waals surface area contributed by atoms with Crippen molar-refractivity contribution in [3.05, 3.63) is 0 Å². The molecule has 0 spiro atoms. The van der Waals surface area contributed by atoms with Crippen LogP contribution in [0.4, 0.5) is 4.79 Å². The first-order chi connectivity index (χ1) is 8.13. The number of esters is 1. The third-order valence-corrected chi connectivity index (χ3v) is 2.65. The van der Waals surface area contributed by atoms with E-state index in [1.807, 2.05) is 0 Å². The minimum atomic E-state index is -0.847. The van der Waals surface area contributed by atoms with Gasteiger partial charge in [-0.2, -0.15) is 0 Å². The van der Waals surface area contributed by atoms with Gasteiger partial charge in [0.05, 0.1) is 6.61 Å². The molecule has 0 bridgehead atoms. The van der Waals surface area contributed by atoms with E-state index in [0.717, 1.165) is 12.8 Å². The maximum Gasteiger partial charge on any atom is 0.407 e. The van der Waals surface area contributed by atoms with Crippen molar-refractivity contribution in [3.8, 4) is 0 Å². The van der Waals surface area contributed by atoms with E-state index in [-0.39, 0.29) is 12.6 Å². The van der Waals surface area contributed by atoms with E-state index in [1.165, 1.54) is 4.90 Å². The first kappa shape index (κ1) is 13.8. The molecule has 1 aliphatic heterocycles. The number of nitrogens with zero attached hydrogens (tertiary/aromatic N) is 1. The second kappa shape index (κ2) is 7.11. The molecule has 6 heteroatoms. The van der Waals surface area contributed by atoms with Gasteiger partial charge in [0.1, 0.15) is 6.61 Å². The van der Waals surface area contributed by atoms with E-state index in [9.17, 15) is 9.59 Å². The Labute approximate surface area is 100 Å². The highest BCUT2D eigenvalue weighted by molar-refractivity contribution is 5.70. The first-order valence-electron chi connectivity index (χ1n) is 5.84. The summed E-state index contributed by atoms with van der Waals surface area (Å²) in [5, 5.41) is 8.62. The molecule has 1 rings (SSSR count). The van der Waals surface area contributed by atoms with Crippen molar-refractivity contribution in [1.29, 1.82) is 0 Å². The van der Waals surface area contributed by atoms with Gasteiger partial charge in [0.25, 0.3) is 0 Å². The molecule has 0 aliphatic carbocycles. The fraction of sp³-hybridized carbons (Fsp3) is 0.818. The second-order valence-corrected chi connectivity index (χ2v) is 4.05. The van der Waals surface area contributed by atoms with Crippen molar-refractivity contribution in [2.24, 2.45) is 5.92 Å². The van der Waals surface area contributed by atoms with Gasteiger partial charge in [-0.05, 0) is 25.7 Å². The zero-order valence-electron chi connectivity index (χ0n) is 10.1. The third kappa shape index (κ3) is 5.04. The molecule has 1 aliphatic rings. The van der Waals surface area contributed by atoms with Crippen LogP contribution in [-0.4, -0.2) is 55.0 Å². The lowest BCUT2D eigenvalue weighted by atomic mass is 9.95. The largest absolute Gasteiger partial charge is 0.465 e. The zero-order valence-corrected chi connectivity index (χ0v) is 10.1. The van der Waals surface area contributed by atoms with Crippen LogP contribution in [0.25, 0.3) is 0 Å². The molecule has 0 atom stereocenters. The minimum Gasteiger partial charge on any atom is -0.465 e. The van der Waals surface area contributed by atoms with E-state index >= 15 is 0 Å². The lowest BCUT2D eigenvalue weighted by molar-refractivity contribution is -0.148. The SMILES string of the molecule is CCOC(=O)COCCCC1CN(C(=O)O)C1. The van der Waals surface area contributed by atoms with Crippen LogP contribution >= 0.6 is 0 Å². The summed E-state index contributed by atoms with van der Waals surface area (Å²) in [6, 6.07) is 0. The Kier molecular flexibility index (Phi) is 5.76. The predicted molar refractivity (Wildman–Crippen MR) is 59.8 cm³/mol. The molecule has 1 N–H and O–H groups in total. The molecule has 0 aromatic heterocycles. The summed E-state index contributed by atoms with van der Waals surface area (Å²) in [7, 11) is 0. The summed E-state index contributed by atoms with van der Waals surface area (Å²) in [6.45, 7) is 3.88. The molecule has 17 heavy (non-hydrogen) atoms. The minimum absolute atomic E-state index is 0.000240. The van der Waals surface area contributed by atoms with Gasteiger partial charge in [0.2, 0.25) is 0 Å². The smallest absolute Gasteiger partial charge is 0.407 e. The summed E-state index contributed by atoms with van der Waals surface area (Å²) in [5.74, 6) is 0.102. The van der Waals surface area contributed by atoms with Gasteiger partial charge in [0, 0.05) is 19.7 Å². The molecule has 0 saturated carbocycles. The molecule has 1 amide bonds. The fourth-order valence-corrected chi connectivity index (χ4v) is 1.74. The van der Waals surface area contributed by atoms with Gasteiger partial charge in [-0.1, -0.05) is 0 Å². The van der Waals surface area contributed by atoms with Gasteiger partial charge < -0.3 is 19.5 Å². The Hall–Kier alpha value is -1.30. The lowest BCUT2D eigenvalue weighted by Crippen LogP contribution is -2.49. The molecule has 0 aromatic rings. The van der Waals surface area contributed by atoms with Crippen molar-refractivity contribution in [2.75, 3.05) is 32.9 Å². The predicted octanol–water partition coefficient (Wildman–Crippen LogP) is 0.956. The van der Waals surface area contributed by atoms with Crippen molar-refractivity contribution in [1.82, 2.24) is 4.90 Å². The van der Waals surface area contributed by atoms with Crippen LogP contribution in [0.15, 0.2) is 0 Å². The Morgan fingerprint density at radius 2 is 2.12 bits per heavy atom. The number of hydrogen-bond donors (Lipinski definition) is 1. The second-order valence-electron chi connectivity index (χ2n) is 4.05. The lowest BCUT2D eigenvalue weighted by Gasteiger charge is -2.37. The number of amides is 1. The molecule has 1 saturated heterocycles. The van der Waals surface area contributed by atoms with Crippen LogP contribution in [0.3, 0.4) is 0 Å². The molecule has 6 nitrogen and oxygen atoms in total.